The van der Waals surface area contributed by atoms with Crippen LogP contribution in [0, 0.1) is 6.92 Å². The van der Waals surface area contributed by atoms with E-state index >= 15 is 0 Å². The minimum absolute atomic E-state index is 0.183. The van der Waals surface area contributed by atoms with Crippen molar-refractivity contribution in [2.75, 3.05) is 41.9 Å². The molecule has 0 heterocycles. The van der Waals surface area contributed by atoms with Crippen LogP contribution in [-0.2, 0) is 6.54 Å². The standard InChI is InChI=1S/C22H32N4O2/c1-16-10-11-18(21(12-16)28-6)14-24-22(23-2)25-15-20(26(3)4)17-8-7-9-19(13-17)27-5/h7-13,20H,14-15H2,1-6H3,(H2,23,24,25). The number of methoxy groups -OCH3 is 2. The molecular weight excluding hydrogens is 352 g/mol. The van der Waals surface area contributed by atoms with Crippen LogP contribution in [0.3, 0.4) is 0 Å². The lowest BCUT2D eigenvalue weighted by Gasteiger charge is -2.26. The fourth-order valence-electron chi connectivity index (χ4n) is 3.04. The number of ether oxygens (including phenoxy) is 2. The van der Waals surface area contributed by atoms with Crippen LogP contribution in [0.25, 0.3) is 0 Å². The number of likely N-dealkylation sites (N-methyl/N-ethyl adjacent to an activating group) is 1. The van der Waals surface area contributed by atoms with Crippen molar-refractivity contribution in [3.63, 3.8) is 0 Å². The Hall–Kier alpha value is -2.73. The summed E-state index contributed by atoms with van der Waals surface area (Å²) in [7, 11) is 9.30. The second kappa shape index (κ2) is 10.6. The Morgan fingerprint density at radius 1 is 1.07 bits per heavy atom. The number of aliphatic imine (C=N–C) groups is 1. The molecular formula is C22H32N4O2. The van der Waals surface area contributed by atoms with Gasteiger partial charge in [-0.25, -0.2) is 0 Å². The number of nitrogens with one attached hydrogen (secondary N) is 2. The zero-order valence-electron chi connectivity index (χ0n) is 17.7. The summed E-state index contributed by atoms with van der Waals surface area (Å²) in [6, 6.07) is 14.5. The summed E-state index contributed by atoms with van der Waals surface area (Å²) >= 11 is 0. The molecule has 2 aromatic rings. The topological polar surface area (TPSA) is 58.1 Å². The molecule has 0 aromatic heterocycles. The Labute approximate surface area is 168 Å². The molecule has 2 rings (SSSR count). The van der Waals surface area contributed by atoms with Gasteiger partial charge in [0, 0.05) is 25.7 Å². The van der Waals surface area contributed by atoms with Crippen LogP contribution in [0.1, 0.15) is 22.7 Å². The second-order valence-corrected chi connectivity index (χ2v) is 6.88. The highest BCUT2D eigenvalue weighted by atomic mass is 16.5. The molecule has 0 aliphatic carbocycles. The molecule has 1 atom stereocenters. The lowest BCUT2D eigenvalue weighted by Crippen LogP contribution is -2.41. The van der Waals surface area contributed by atoms with Gasteiger partial charge in [0.1, 0.15) is 11.5 Å². The Kier molecular flexibility index (Phi) is 8.14. The largest absolute Gasteiger partial charge is 0.497 e. The normalized spacial score (nSPS) is 12.6. The highest BCUT2D eigenvalue weighted by Crippen LogP contribution is 2.22. The molecule has 6 nitrogen and oxygen atoms in total. The number of benzene rings is 2. The first kappa shape index (κ1) is 21.6. The van der Waals surface area contributed by atoms with E-state index in [0.29, 0.717) is 13.1 Å². The van der Waals surface area contributed by atoms with Gasteiger partial charge in [0.15, 0.2) is 5.96 Å². The smallest absolute Gasteiger partial charge is 0.191 e. The average Bonchev–Trinajstić information content (AvgIpc) is 2.70. The van der Waals surface area contributed by atoms with Crippen LogP contribution in [0.2, 0.25) is 0 Å². The highest BCUT2D eigenvalue weighted by molar-refractivity contribution is 5.79. The Balaban J connectivity index is 2.01. The lowest BCUT2D eigenvalue weighted by atomic mass is 10.1. The molecule has 0 aliphatic heterocycles. The van der Waals surface area contributed by atoms with Crippen molar-refractivity contribution in [2.24, 2.45) is 4.99 Å². The van der Waals surface area contributed by atoms with Crippen molar-refractivity contribution in [3.05, 3.63) is 59.2 Å². The fraction of sp³-hybridized carbons (Fsp3) is 0.409. The minimum atomic E-state index is 0.183. The van der Waals surface area contributed by atoms with E-state index in [1.807, 2.05) is 18.2 Å². The van der Waals surface area contributed by atoms with Gasteiger partial charge < -0.3 is 25.0 Å². The first-order valence-electron chi connectivity index (χ1n) is 9.37. The van der Waals surface area contributed by atoms with Gasteiger partial charge in [-0.3, -0.25) is 4.99 Å². The summed E-state index contributed by atoms with van der Waals surface area (Å²) in [6.45, 7) is 3.40. The Bertz CT molecular complexity index is 790. The van der Waals surface area contributed by atoms with Crippen LogP contribution >= 0.6 is 0 Å². The monoisotopic (exact) mass is 384 g/mol. The number of guanidine groups is 1. The van der Waals surface area contributed by atoms with Crippen molar-refractivity contribution in [1.82, 2.24) is 15.5 Å². The summed E-state index contributed by atoms with van der Waals surface area (Å²) in [5, 5.41) is 6.79. The average molecular weight is 385 g/mol. The molecule has 0 bridgehead atoms. The summed E-state index contributed by atoms with van der Waals surface area (Å²) in [6.07, 6.45) is 0. The lowest BCUT2D eigenvalue weighted by molar-refractivity contribution is 0.297. The molecule has 0 spiro atoms. The summed E-state index contributed by atoms with van der Waals surface area (Å²) in [5.41, 5.74) is 3.45. The quantitative estimate of drug-likeness (QED) is 0.541. The number of nitrogens with zero attached hydrogens (tertiary/aromatic N) is 2. The molecule has 2 aromatic carbocycles. The van der Waals surface area contributed by atoms with E-state index in [-0.39, 0.29) is 6.04 Å². The van der Waals surface area contributed by atoms with E-state index in [1.165, 1.54) is 11.1 Å². The molecule has 152 valence electrons. The molecule has 1 unspecified atom stereocenters. The van der Waals surface area contributed by atoms with Crippen LogP contribution < -0.4 is 20.1 Å². The SMILES string of the molecule is CN=C(NCc1ccc(C)cc1OC)NCC(c1cccc(OC)c1)N(C)C. The van der Waals surface area contributed by atoms with Crippen LogP contribution in [0.4, 0.5) is 0 Å². The third-order valence-corrected chi connectivity index (χ3v) is 4.68. The van der Waals surface area contributed by atoms with Gasteiger partial charge in [-0.1, -0.05) is 24.3 Å². The highest BCUT2D eigenvalue weighted by Gasteiger charge is 2.15. The van der Waals surface area contributed by atoms with Crippen molar-refractivity contribution in [1.29, 1.82) is 0 Å². The van der Waals surface area contributed by atoms with E-state index < -0.39 is 0 Å². The Morgan fingerprint density at radius 2 is 1.86 bits per heavy atom. The molecule has 28 heavy (non-hydrogen) atoms. The first-order chi connectivity index (χ1) is 13.5. The van der Waals surface area contributed by atoms with E-state index in [2.05, 4.69) is 65.8 Å². The van der Waals surface area contributed by atoms with Crippen molar-refractivity contribution < 1.29 is 9.47 Å². The van der Waals surface area contributed by atoms with Gasteiger partial charge in [0.2, 0.25) is 0 Å². The van der Waals surface area contributed by atoms with Crippen molar-refractivity contribution >= 4 is 5.96 Å². The molecule has 0 aliphatic rings. The molecule has 2 N–H and O–H groups in total. The summed E-state index contributed by atoms with van der Waals surface area (Å²) in [4.78, 5) is 6.52. The summed E-state index contributed by atoms with van der Waals surface area (Å²) in [5.74, 6) is 2.49. The van der Waals surface area contributed by atoms with Crippen molar-refractivity contribution in [2.45, 2.75) is 19.5 Å². The molecule has 0 radical (unpaired) electrons. The van der Waals surface area contributed by atoms with Gasteiger partial charge in [0.25, 0.3) is 0 Å². The number of aryl methyl sites for hydroxylation is 1. The zero-order valence-corrected chi connectivity index (χ0v) is 17.7. The molecule has 0 fully saturated rings. The molecule has 0 saturated heterocycles. The van der Waals surface area contributed by atoms with Gasteiger partial charge in [0.05, 0.1) is 20.3 Å². The summed E-state index contributed by atoms with van der Waals surface area (Å²) < 4.78 is 10.8. The van der Waals surface area contributed by atoms with E-state index in [4.69, 9.17) is 9.47 Å². The third-order valence-electron chi connectivity index (χ3n) is 4.68. The van der Waals surface area contributed by atoms with Gasteiger partial charge in [-0.2, -0.15) is 0 Å². The molecule has 0 saturated carbocycles. The molecule has 0 amide bonds. The maximum absolute atomic E-state index is 5.48. The maximum atomic E-state index is 5.48. The van der Waals surface area contributed by atoms with Crippen LogP contribution in [0.15, 0.2) is 47.5 Å². The third kappa shape index (κ3) is 5.89. The van der Waals surface area contributed by atoms with Gasteiger partial charge >= 0.3 is 0 Å². The van der Waals surface area contributed by atoms with Crippen molar-refractivity contribution in [3.8, 4) is 11.5 Å². The van der Waals surface area contributed by atoms with E-state index in [9.17, 15) is 0 Å². The zero-order chi connectivity index (χ0) is 20.5. The van der Waals surface area contributed by atoms with E-state index in [0.717, 1.165) is 23.0 Å². The van der Waals surface area contributed by atoms with Gasteiger partial charge in [-0.05, 0) is 50.3 Å². The predicted molar refractivity (Wildman–Crippen MR) is 115 cm³/mol. The van der Waals surface area contributed by atoms with Gasteiger partial charge in [-0.15, -0.1) is 0 Å². The first-order valence-corrected chi connectivity index (χ1v) is 9.37. The fourth-order valence-corrected chi connectivity index (χ4v) is 3.04. The molecule has 6 heteroatoms. The predicted octanol–water partition coefficient (Wildman–Crippen LogP) is 2.98. The van der Waals surface area contributed by atoms with E-state index in [1.54, 1.807) is 21.3 Å². The maximum Gasteiger partial charge on any atom is 0.191 e. The van der Waals surface area contributed by atoms with Crippen LogP contribution in [-0.4, -0.2) is 52.8 Å². The number of rotatable bonds is 8. The minimum Gasteiger partial charge on any atom is -0.497 e. The van der Waals surface area contributed by atoms with Crippen LogP contribution in [0.5, 0.6) is 11.5 Å². The second-order valence-electron chi connectivity index (χ2n) is 6.88. The number of hydrogen-bond donors (Lipinski definition) is 2. The Morgan fingerprint density at radius 3 is 2.50 bits per heavy atom. The number of hydrogen-bond acceptors (Lipinski definition) is 4.